The highest BCUT2D eigenvalue weighted by Gasteiger charge is 2.35. The van der Waals surface area contributed by atoms with Crippen LogP contribution < -0.4 is 11.2 Å². The molecule has 0 aliphatic carbocycles. The van der Waals surface area contributed by atoms with Crippen LogP contribution in [-0.2, 0) is 24.6 Å². The number of hydrogen-bond donors (Lipinski definition) is 1. The van der Waals surface area contributed by atoms with Crippen LogP contribution in [0.1, 0.15) is 5.69 Å². The molecule has 0 saturated carbocycles. The van der Waals surface area contributed by atoms with Crippen LogP contribution in [0.4, 0.5) is 17.6 Å². The minimum absolute atomic E-state index is 0.140. The fourth-order valence-corrected chi connectivity index (χ4v) is 2.77. The standard InChI is InChI=1S/C15H9ClF4N6O4/c1-24-10(15(18,19)20)4-11(27)26(14(24)30)9-2-6(7(16)3-8(9)17)13-21-23-25(22-13)5-12(28)29/h2-4H,5H2,1H3,(H,28,29). The first-order valence-corrected chi connectivity index (χ1v) is 8.17. The zero-order valence-corrected chi connectivity index (χ0v) is 15.4. The molecule has 0 radical (unpaired) electrons. The Labute approximate surface area is 167 Å². The van der Waals surface area contributed by atoms with Gasteiger partial charge in [0.25, 0.3) is 5.56 Å². The summed E-state index contributed by atoms with van der Waals surface area (Å²) in [4.78, 5) is 36.0. The van der Waals surface area contributed by atoms with Gasteiger partial charge in [-0.3, -0.25) is 14.2 Å². The first-order valence-electron chi connectivity index (χ1n) is 7.80. The van der Waals surface area contributed by atoms with Gasteiger partial charge in [-0.2, -0.15) is 18.0 Å². The fourth-order valence-electron chi connectivity index (χ4n) is 2.54. The molecular formula is C15H9ClF4N6O4. The number of alkyl halides is 3. The van der Waals surface area contributed by atoms with Gasteiger partial charge in [-0.05, 0) is 17.3 Å². The minimum atomic E-state index is -4.98. The number of carboxylic acids is 1. The normalized spacial score (nSPS) is 11.7. The summed E-state index contributed by atoms with van der Waals surface area (Å²) in [5, 5.41) is 19.2. The van der Waals surface area contributed by atoms with Gasteiger partial charge in [0.05, 0.1) is 10.7 Å². The summed E-state index contributed by atoms with van der Waals surface area (Å²) in [6, 6.07) is 1.72. The third-order valence-electron chi connectivity index (χ3n) is 3.86. The number of nitrogens with zero attached hydrogens (tertiary/aromatic N) is 6. The topological polar surface area (TPSA) is 125 Å². The van der Waals surface area contributed by atoms with E-state index in [0.717, 1.165) is 13.1 Å². The Balaban J connectivity index is 2.22. The van der Waals surface area contributed by atoms with Gasteiger partial charge in [-0.1, -0.05) is 11.6 Å². The smallest absolute Gasteiger partial charge is 0.431 e. The van der Waals surface area contributed by atoms with Crippen LogP contribution in [0, 0.1) is 5.82 Å². The number of hydrogen-bond acceptors (Lipinski definition) is 6. The van der Waals surface area contributed by atoms with Gasteiger partial charge in [0.1, 0.15) is 11.5 Å². The van der Waals surface area contributed by atoms with E-state index in [-0.39, 0.29) is 31.6 Å². The van der Waals surface area contributed by atoms with Crippen LogP contribution in [0.25, 0.3) is 17.1 Å². The first kappa shape index (κ1) is 21.2. The molecule has 1 N–H and O–H groups in total. The summed E-state index contributed by atoms with van der Waals surface area (Å²) >= 11 is 5.94. The highest BCUT2D eigenvalue weighted by Crippen LogP contribution is 2.30. The molecule has 0 fully saturated rings. The van der Waals surface area contributed by atoms with Crippen molar-refractivity contribution in [3.63, 3.8) is 0 Å². The fraction of sp³-hybridized carbons (Fsp3) is 0.200. The monoisotopic (exact) mass is 448 g/mol. The third kappa shape index (κ3) is 3.80. The number of carbonyl (C=O) groups is 1. The molecule has 0 bridgehead atoms. The van der Waals surface area contributed by atoms with Crippen molar-refractivity contribution in [1.82, 2.24) is 29.3 Å². The Morgan fingerprint density at radius 2 is 1.90 bits per heavy atom. The van der Waals surface area contributed by atoms with Crippen LogP contribution in [0.15, 0.2) is 27.8 Å². The summed E-state index contributed by atoms with van der Waals surface area (Å²) in [7, 11) is 0.773. The molecule has 30 heavy (non-hydrogen) atoms. The van der Waals surface area contributed by atoms with E-state index in [2.05, 4.69) is 15.4 Å². The molecule has 10 nitrogen and oxygen atoms in total. The first-order chi connectivity index (χ1) is 13.9. The van der Waals surface area contributed by atoms with E-state index in [1.54, 1.807) is 0 Å². The summed E-state index contributed by atoms with van der Waals surface area (Å²) < 4.78 is 53.8. The molecule has 0 atom stereocenters. The van der Waals surface area contributed by atoms with E-state index in [1.807, 2.05) is 0 Å². The lowest BCUT2D eigenvalue weighted by atomic mass is 10.1. The zero-order valence-electron chi connectivity index (χ0n) is 14.7. The van der Waals surface area contributed by atoms with Crippen LogP contribution in [0.5, 0.6) is 0 Å². The van der Waals surface area contributed by atoms with Gasteiger partial charge in [0.2, 0.25) is 5.82 Å². The number of aromatic nitrogens is 6. The highest BCUT2D eigenvalue weighted by atomic mass is 35.5. The molecule has 0 spiro atoms. The molecule has 3 aromatic rings. The average molecular weight is 449 g/mol. The Hall–Kier alpha value is -3.55. The molecule has 2 aromatic heterocycles. The second kappa shape index (κ2) is 7.37. The van der Waals surface area contributed by atoms with Crippen molar-refractivity contribution in [3.05, 3.63) is 55.6 Å². The van der Waals surface area contributed by atoms with Crippen molar-refractivity contribution in [3.8, 4) is 17.1 Å². The van der Waals surface area contributed by atoms with Gasteiger partial charge >= 0.3 is 17.8 Å². The van der Waals surface area contributed by atoms with Crippen LogP contribution in [0.3, 0.4) is 0 Å². The maximum absolute atomic E-state index is 14.5. The SMILES string of the molecule is Cn1c(C(F)(F)F)cc(=O)n(-c2cc(-c3nnn(CC(=O)O)n3)c(Cl)cc2F)c1=O. The van der Waals surface area contributed by atoms with Gasteiger partial charge < -0.3 is 5.11 Å². The summed E-state index contributed by atoms with van der Waals surface area (Å²) in [6.45, 7) is -0.641. The molecule has 2 heterocycles. The van der Waals surface area contributed by atoms with Crippen molar-refractivity contribution in [2.75, 3.05) is 0 Å². The van der Waals surface area contributed by atoms with Crippen LogP contribution in [0.2, 0.25) is 5.02 Å². The summed E-state index contributed by atoms with van der Waals surface area (Å²) in [5.41, 5.74) is -5.24. The van der Waals surface area contributed by atoms with Gasteiger partial charge in [-0.25, -0.2) is 13.8 Å². The third-order valence-corrected chi connectivity index (χ3v) is 4.17. The maximum Gasteiger partial charge on any atom is 0.431 e. The predicted octanol–water partition coefficient (Wildman–Crippen LogP) is 1.09. The van der Waals surface area contributed by atoms with Gasteiger partial charge in [0.15, 0.2) is 6.54 Å². The molecule has 0 amide bonds. The molecule has 0 saturated heterocycles. The number of benzene rings is 1. The predicted molar refractivity (Wildman–Crippen MR) is 91.7 cm³/mol. The summed E-state index contributed by atoms with van der Waals surface area (Å²) in [6.07, 6.45) is -4.98. The molecule has 0 aliphatic heterocycles. The van der Waals surface area contributed by atoms with Gasteiger partial charge in [-0.15, -0.1) is 10.2 Å². The van der Waals surface area contributed by atoms with Crippen molar-refractivity contribution in [1.29, 1.82) is 0 Å². The average Bonchev–Trinajstić information content (AvgIpc) is 3.06. The number of rotatable bonds is 4. The molecule has 3 rings (SSSR count). The van der Waals surface area contributed by atoms with E-state index in [4.69, 9.17) is 16.7 Å². The molecule has 0 unspecified atom stereocenters. The molecule has 0 aliphatic rings. The van der Waals surface area contributed by atoms with Crippen molar-refractivity contribution >= 4 is 17.6 Å². The Bertz CT molecular complexity index is 1280. The molecule has 1 aromatic carbocycles. The second-order valence-electron chi connectivity index (χ2n) is 5.86. The zero-order chi connectivity index (χ0) is 22.4. The van der Waals surface area contributed by atoms with Crippen LogP contribution >= 0.6 is 11.6 Å². The van der Waals surface area contributed by atoms with Crippen molar-refractivity contribution in [2.45, 2.75) is 12.7 Å². The van der Waals surface area contributed by atoms with Crippen molar-refractivity contribution in [2.24, 2.45) is 7.05 Å². The van der Waals surface area contributed by atoms with E-state index in [1.165, 1.54) is 0 Å². The lowest BCUT2D eigenvalue weighted by Crippen LogP contribution is -2.41. The summed E-state index contributed by atoms with van der Waals surface area (Å²) in [5.74, 6) is -2.72. The lowest BCUT2D eigenvalue weighted by molar-refractivity contribution is -0.144. The van der Waals surface area contributed by atoms with E-state index < -0.39 is 47.1 Å². The quantitative estimate of drug-likeness (QED) is 0.592. The highest BCUT2D eigenvalue weighted by molar-refractivity contribution is 6.33. The maximum atomic E-state index is 14.5. The van der Waals surface area contributed by atoms with E-state index in [0.29, 0.717) is 10.9 Å². The molecular weight excluding hydrogens is 440 g/mol. The lowest BCUT2D eigenvalue weighted by Gasteiger charge is -2.15. The van der Waals surface area contributed by atoms with Crippen LogP contribution in [-0.4, -0.2) is 40.4 Å². The molecule has 15 heteroatoms. The van der Waals surface area contributed by atoms with E-state index in [9.17, 15) is 31.9 Å². The Kier molecular flexibility index (Phi) is 5.20. The minimum Gasteiger partial charge on any atom is -0.480 e. The number of carboxylic acid groups (broad SMARTS) is 1. The molecule has 158 valence electrons. The van der Waals surface area contributed by atoms with Crippen molar-refractivity contribution < 1.29 is 27.5 Å². The second-order valence-corrected chi connectivity index (χ2v) is 6.27. The number of tetrazole rings is 1. The number of aliphatic carboxylic acids is 1. The Morgan fingerprint density at radius 1 is 1.23 bits per heavy atom. The van der Waals surface area contributed by atoms with Gasteiger partial charge in [0, 0.05) is 18.7 Å². The largest absolute Gasteiger partial charge is 0.480 e. The Morgan fingerprint density at radius 3 is 2.50 bits per heavy atom. The number of halogens is 5. The van der Waals surface area contributed by atoms with E-state index >= 15 is 0 Å².